The number of hydrogen-bond acceptors (Lipinski definition) is 5. The van der Waals surface area contributed by atoms with Gasteiger partial charge >= 0.3 is 12.0 Å². The highest BCUT2D eigenvalue weighted by molar-refractivity contribution is 6.33. The smallest absolute Gasteiger partial charge is 0.325 e. The summed E-state index contributed by atoms with van der Waals surface area (Å²) in [6.45, 7) is 1.32. The van der Waals surface area contributed by atoms with E-state index in [2.05, 4.69) is 10.6 Å². The molecule has 0 radical (unpaired) electrons. The Balaban J connectivity index is 1.44. The fourth-order valence-electron chi connectivity index (χ4n) is 3.53. The van der Waals surface area contributed by atoms with Gasteiger partial charge < -0.3 is 15.4 Å². The number of rotatable bonds is 6. The normalized spacial score (nSPS) is 17.7. The third-order valence-electron chi connectivity index (χ3n) is 5.01. The van der Waals surface area contributed by atoms with Crippen LogP contribution in [0, 0.1) is 6.92 Å². The molecule has 2 aliphatic rings. The molecule has 3 rings (SSSR count). The minimum absolute atomic E-state index is 0.0728. The van der Waals surface area contributed by atoms with Gasteiger partial charge in [-0.05, 0) is 37.5 Å². The average molecular weight is 408 g/mol. The standard InChI is InChI=1S/C19H22ClN3O5/c1-12-4-5-14(13(20)10-12)21-15(24)11-28-16(25)6-9-23-17(26)19(22-18(23)27)7-2-3-8-19/h4-5,10H,2-3,6-9,11H2,1H3,(H,21,24)(H,22,27). The number of carbonyl (C=O) groups is 4. The maximum absolute atomic E-state index is 12.5. The molecule has 0 unspecified atom stereocenters. The number of hydrogen-bond donors (Lipinski definition) is 2. The van der Waals surface area contributed by atoms with Crippen LogP contribution < -0.4 is 10.6 Å². The number of nitrogens with one attached hydrogen (secondary N) is 2. The van der Waals surface area contributed by atoms with E-state index in [1.165, 1.54) is 0 Å². The third kappa shape index (κ3) is 4.27. The zero-order valence-corrected chi connectivity index (χ0v) is 16.3. The number of imide groups is 1. The topological polar surface area (TPSA) is 105 Å². The summed E-state index contributed by atoms with van der Waals surface area (Å²) in [4.78, 5) is 49.4. The molecular formula is C19H22ClN3O5. The monoisotopic (exact) mass is 407 g/mol. The Bertz CT molecular complexity index is 820. The first-order valence-corrected chi connectivity index (χ1v) is 9.54. The summed E-state index contributed by atoms with van der Waals surface area (Å²) < 4.78 is 4.92. The van der Waals surface area contributed by atoms with Crippen molar-refractivity contribution >= 4 is 41.1 Å². The molecule has 1 saturated carbocycles. The van der Waals surface area contributed by atoms with Crippen molar-refractivity contribution in [2.75, 3.05) is 18.5 Å². The van der Waals surface area contributed by atoms with Gasteiger partial charge in [0.15, 0.2) is 6.61 Å². The molecule has 1 heterocycles. The predicted octanol–water partition coefficient (Wildman–Crippen LogP) is 2.38. The van der Waals surface area contributed by atoms with Crippen molar-refractivity contribution in [2.45, 2.75) is 44.6 Å². The van der Waals surface area contributed by atoms with Crippen LogP contribution in [-0.4, -0.2) is 47.4 Å². The average Bonchev–Trinajstić information content (AvgIpc) is 3.20. The second-order valence-electron chi connectivity index (χ2n) is 7.12. The molecule has 0 aromatic heterocycles. The number of aryl methyl sites for hydroxylation is 1. The van der Waals surface area contributed by atoms with E-state index in [4.69, 9.17) is 16.3 Å². The molecular weight excluding hydrogens is 386 g/mol. The molecule has 28 heavy (non-hydrogen) atoms. The molecule has 9 heteroatoms. The summed E-state index contributed by atoms with van der Waals surface area (Å²) >= 11 is 6.04. The first kappa shape index (κ1) is 20.1. The molecule has 4 amide bonds. The van der Waals surface area contributed by atoms with Crippen LogP contribution in [0.2, 0.25) is 5.02 Å². The largest absolute Gasteiger partial charge is 0.456 e. The van der Waals surface area contributed by atoms with Crippen LogP contribution in [0.25, 0.3) is 0 Å². The molecule has 2 fully saturated rings. The van der Waals surface area contributed by atoms with Gasteiger partial charge in [-0.25, -0.2) is 4.79 Å². The molecule has 1 aliphatic heterocycles. The van der Waals surface area contributed by atoms with Crippen molar-refractivity contribution < 1.29 is 23.9 Å². The fourth-order valence-corrected chi connectivity index (χ4v) is 3.81. The Labute approximate surface area is 167 Å². The quantitative estimate of drug-likeness (QED) is 0.556. The molecule has 1 aliphatic carbocycles. The number of amides is 4. The van der Waals surface area contributed by atoms with Crippen LogP contribution in [-0.2, 0) is 19.1 Å². The number of anilines is 1. The maximum atomic E-state index is 12.5. The summed E-state index contributed by atoms with van der Waals surface area (Å²) in [7, 11) is 0. The van der Waals surface area contributed by atoms with Crippen molar-refractivity contribution in [3.63, 3.8) is 0 Å². The van der Waals surface area contributed by atoms with Crippen LogP contribution in [0.3, 0.4) is 0 Å². The van der Waals surface area contributed by atoms with Gasteiger partial charge in [-0.1, -0.05) is 30.5 Å². The summed E-state index contributed by atoms with van der Waals surface area (Å²) in [6, 6.07) is 4.68. The third-order valence-corrected chi connectivity index (χ3v) is 5.32. The second kappa shape index (κ2) is 8.18. The Hall–Kier alpha value is -2.61. The number of benzene rings is 1. The zero-order valence-electron chi connectivity index (χ0n) is 15.5. The van der Waals surface area contributed by atoms with Gasteiger partial charge in [0.1, 0.15) is 5.54 Å². The van der Waals surface area contributed by atoms with E-state index in [0.717, 1.165) is 23.3 Å². The molecule has 8 nitrogen and oxygen atoms in total. The van der Waals surface area contributed by atoms with Gasteiger partial charge in [0, 0.05) is 6.54 Å². The lowest BCUT2D eigenvalue weighted by atomic mass is 9.98. The van der Waals surface area contributed by atoms with E-state index in [9.17, 15) is 19.2 Å². The number of halogens is 1. The van der Waals surface area contributed by atoms with Crippen molar-refractivity contribution in [3.8, 4) is 0 Å². The van der Waals surface area contributed by atoms with E-state index in [1.807, 2.05) is 6.92 Å². The second-order valence-corrected chi connectivity index (χ2v) is 7.53. The highest BCUT2D eigenvalue weighted by Gasteiger charge is 2.52. The molecule has 2 N–H and O–H groups in total. The van der Waals surface area contributed by atoms with Gasteiger partial charge in [0.2, 0.25) is 0 Å². The Morgan fingerprint density at radius 3 is 2.68 bits per heavy atom. The van der Waals surface area contributed by atoms with Crippen LogP contribution in [0.15, 0.2) is 18.2 Å². The lowest BCUT2D eigenvalue weighted by molar-refractivity contribution is -0.147. The lowest BCUT2D eigenvalue weighted by Gasteiger charge is -2.19. The molecule has 1 aromatic carbocycles. The first-order chi connectivity index (χ1) is 13.3. The minimum Gasteiger partial charge on any atom is -0.456 e. The lowest BCUT2D eigenvalue weighted by Crippen LogP contribution is -2.44. The maximum Gasteiger partial charge on any atom is 0.325 e. The summed E-state index contributed by atoms with van der Waals surface area (Å²) in [5.41, 5.74) is 0.581. The van der Waals surface area contributed by atoms with E-state index >= 15 is 0 Å². The number of urea groups is 1. The van der Waals surface area contributed by atoms with E-state index in [-0.39, 0.29) is 18.9 Å². The number of carbonyl (C=O) groups excluding carboxylic acids is 4. The van der Waals surface area contributed by atoms with Gasteiger partial charge in [-0.2, -0.15) is 0 Å². The van der Waals surface area contributed by atoms with Crippen LogP contribution in [0.5, 0.6) is 0 Å². The van der Waals surface area contributed by atoms with E-state index in [1.54, 1.807) is 18.2 Å². The van der Waals surface area contributed by atoms with E-state index in [0.29, 0.717) is 23.6 Å². The molecule has 1 spiro atoms. The Morgan fingerprint density at radius 2 is 2.00 bits per heavy atom. The summed E-state index contributed by atoms with van der Waals surface area (Å²) in [6.07, 6.45) is 2.86. The first-order valence-electron chi connectivity index (χ1n) is 9.16. The molecule has 1 aromatic rings. The zero-order chi connectivity index (χ0) is 20.3. The van der Waals surface area contributed by atoms with Gasteiger partial charge in [-0.15, -0.1) is 0 Å². The van der Waals surface area contributed by atoms with Crippen molar-refractivity contribution in [2.24, 2.45) is 0 Å². The van der Waals surface area contributed by atoms with Crippen LogP contribution in [0.1, 0.15) is 37.7 Å². The van der Waals surface area contributed by atoms with Gasteiger partial charge in [0.25, 0.3) is 11.8 Å². The Morgan fingerprint density at radius 1 is 1.29 bits per heavy atom. The van der Waals surface area contributed by atoms with Crippen LogP contribution >= 0.6 is 11.6 Å². The number of nitrogens with zero attached hydrogens (tertiary/aromatic N) is 1. The van der Waals surface area contributed by atoms with E-state index < -0.39 is 30.1 Å². The summed E-state index contributed by atoms with van der Waals surface area (Å²) in [5, 5.41) is 5.70. The predicted molar refractivity (Wildman–Crippen MR) is 102 cm³/mol. The molecule has 0 bridgehead atoms. The molecule has 150 valence electrons. The highest BCUT2D eigenvalue weighted by Crippen LogP contribution is 2.35. The Kier molecular flexibility index (Phi) is 5.88. The highest BCUT2D eigenvalue weighted by atomic mass is 35.5. The van der Waals surface area contributed by atoms with Crippen LogP contribution in [0.4, 0.5) is 10.5 Å². The minimum atomic E-state index is -0.797. The number of esters is 1. The van der Waals surface area contributed by atoms with Crippen molar-refractivity contribution in [1.29, 1.82) is 0 Å². The summed E-state index contributed by atoms with van der Waals surface area (Å²) in [5.74, 6) is -1.48. The fraction of sp³-hybridized carbons (Fsp3) is 0.474. The number of ether oxygens (including phenoxy) is 1. The van der Waals surface area contributed by atoms with Crippen molar-refractivity contribution in [1.82, 2.24) is 10.2 Å². The molecule has 0 atom stereocenters. The van der Waals surface area contributed by atoms with Gasteiger partial charge in [0.05, 0.1) is 17.1 Å². The van der Waals surface area contributed by atoms with Gasteiger partial charge in [-0.3, -0.25) is 19.3 Å². The van der Waals surface area contributed by atoms with Crippen molar-refractivity contribution in [3.05, 3.63) is 28.8 Å². The molecule has 1 saturated heterocycles. The SMILES string of the molecule is Cc1ccc(NC(=O)COC(=O)CCN2C(=O)NC3(CCCC3)C2=O)c(Cl)c1.